The van der Waals surface area contributed by atoms with Gasteiger partial charge in [0.25, 0.3) is 0 Å². The van der Waals surface area contributed by atoms with E-state index in [1.165, 1.54) is 0 Å². The highest BCUT2D eigenvalue weighted by atomic mass is 16.5. The van der Waals surface area contributed by atoms with Crippen LogP contribution >= 0.6 is 0 Å². The van der Waals surface area contributed by atoms with Gasteiger partial charge in [0.15, 0.2) is 0 Å². The van der Waals surface area contributed by atoms with E-state index in [1.54, 1.807) is 19.1 Å². The Balaban J connectivity index is 2.13. The zero-order valence-corrected chi connectivity index (χ0v) is 11.3. The van der Waals surface area contributed by atoms with Crippen molar-refractivity contribution in [2.24, 2.45) is 5.92 Å². The minimum Gasteiger partial charge on any atom is -0.462 e. The van der Waals surface area contributed by atoms with Crippen LogP contribution < -0.4 is 5.32 Å². The smallest absolute Gasteiger partial charge is 0.338 e. The van der Waals surface area contributed by atoms with Crippen molar-refractivity contribution in [1.82, 2.24) is 5.32 Å². The molecule has 4 heteroatoms. The molecule has 1 saturated heterocycles. The summed E-state index contributed by atoms with van der Waals surface area (Å²) in [5.74, 6) is 0.00129. The highest BCUT2D eigenvalue weighted by molar-refractivity contribution is 5.89. The number of carbonyl (C=O) groups is 2. The maximum Gasteiger partial charge on any atom is 0.338 e. The van der Waals surface area contributed by atoms with E-state index < -0.39 is 0 Å². The third kappa shape index (κ3) is 2.95. The van der Waals surface area contributed by atoms with Gasteiger partial charge in [-0.05, 0) is 37.0 Å². The number of benzene rings is 1. The number of esters is 1. The van der Waals surface area contributed by atoms with Crippen molar-refractivity contribution in [2.45, 2.75) is 26.2 Å². The van der Waals surface area contributed by atoms with E-state index in [0.717, 1.165) is 12.0 Å². The number of hydrogen-bond donors (Lipinski definition) is 1. The monoisotopic (exact) mass is 261 g/mol. The second kappa shape index (κ2) is 5.87. The number of rotatable bonds is 3. The molecular formula is C15H19NO3. The second-order valence-electron chi connectivity index (χ2n) is 4.82. The van der Waals surface area contributed by atoms with Gasteiger partial charge in [0.05, 0.1) is 12.2 Å². The number of carbonyl (C=O) groups excluding carboxylic acids is 2. The maximum atomic E-state index is 11.7. The Morgan fingerprint density at radius 1 is 1.37 bits per heavy atom. The van der Waals surface area contributed by atoms with E-state index in [0.29, 0.717) is 18.7 Å². The molecule has 2 rings (SSSR count). The molecule has 1 amide bonds. The number of nitrogens with one attached hydrogen (secondary N) is 1. The maximum absolute atomic E-state index is 11.7. The molecule has 0 unspecified atom stereocenters. The highest BCUT2D eigenvalue weighted by Crippen LogP contribution is 2.30. The standard InChI is InChI=1S/C15H19NO3/c1-3-19-15(18)12-6-4-11(5-7-12)13-8-9-16-14(17)10(13)2/h4-7,10,13H,3,8-9H2,1-2H3,(H,16,17)/t10-,13+/m0/s1. The highest BCUT2D eigenvalue weighted by Gasteiger charge is 2.29. The summed E-state index contributed by atoms with van der Waals surface area (Å²) in [5, 5.41) is 2.86. The first-order valence-electron chi connectivity index (χ1n) is 6.68. The summed E-state index contributed by atoms with van der Waals surface area (Å²) >= 11 is 0. The van der Waals surface area contributed by atoms with Gasteiger partial charge in [-0.25, -0.2) is 4.79 Å². The number of ether oxygens (including phenoxy) is 1. The summed E-state index contributed by atoms with van der Waals surface area (Å²) in [6.07, 6.45) is 0.936. The molecule has 0 spiro atoms. The van der Waals surface area contributed by atoms with Crippen molar-refractivity contribution in [2.75, 3.05) is 13.2 Å². The Hall–Kier alpha value is -1.84. The quantitative estimate of drug-likeness (QED) is 0.848. The van der Waals surface area contributed by atoms with Crippen LogP contribution in [0.15, 0.2) is 24.3 Å². The van der Waals surface area contributed by atoms with Crippen LogP contribution in [-0.2, 0) is 9.53 Å². The molecule has 1 N–H and O–H groups in total. The van der Waals surface area contributed by atoms with Gasteiger partial charge < -0.3 is 10.1 Å². The third-order valence-corrected chi connectivity index (χ3v) is 3.62. The predicted octanol–water partition coefficient (Wildman–Crippen LogP) is 2.10. The third-order valence-electron chi connectivity index (χ3n) is 3.62. The zero-order chi connectivity index (χ0) is 13.8. The molecule has 1 aliphatic heterocycles. The van der Waals surface area contributed by atoms with Gasteiger partial charge in [-0.1, -0.05) is 19.1 Å². The van der Waals surface area contributed by atoms with E-state index >= 15 is 0 Å². The fourth-order valence-electron chi connectivity index (χ4n) is 2.48. The molecule has 1 aromatic carbocycles. The molecular weight excluding hydrogens is 242 g/mol. The minimum absolute atomic E-state index is 0.0257. The Labute approximate surface area is 113 Å². The van der Waals surface area contributed by atoms with Crippen LogP contribution in [0.3, 0.4) is 0 Å². The van der Waals surface area contributed by atoms with E-state index in [1.807, 2.05) is 19.1 Å². The lowest BCUT2D eigenvalue weighted by molar-refractivity contribution is -0.126. The van der Waals surface area contributed by atoms with Gasteiger partial charge >= 0.3 is 5.97 Å². The topological polar surface area (TPSA) is 55.4 Å². The molecule has 2 atom stereocenters. The predicted molar refractivity (Wildman–Crippen MR) is 71.9 cm³/mol. The van der Waals surface area contributed by atoms with Gasteiger partial charge in [0.1, 0.15) is 0 Å². The van der Waals surface area contributed by atoms with Crippen LogP contribution in [0.5, 0.6) is 0 Å². The first-order chi connectivity index (χ1) is 9.13. The lowest BCUT2D eigenvalue weighted by Crippen LogP contribution is -2.39. The van der Waals surface area contributed by atoms with Crippen molar-refractivity contribution in [3.8, 4) is 0 Å². The molecule has 1 heterocycles. The van der Waals surface area contributed by atoms with E-state index in [9.17, 15) is 9.59 Å². The summed E-state index contributed by atoms with van der Waals surface area (Å²) in [6.45, 7) is 4.82. The summed E-state index contributed by atoms with van der Waals surface area (Å²) in [7, 11) is 0. The lowest BCUT2D eigenvalue weighted by atomic mass is 9.81. The summed E-state index contributed by atoms with van der Waals surface area (Å²) in [6, 6.07) is 7.39. The van der Waals surface area contributed by atoms with Crippen molar-refractivity contribution in [3.63, 3.8) is 0 Å². The molecule has 4 nitrogen and oxygen atoms in total. The lowest BCUT2D eigenvalue weighted by Gasteiger charge is -2.28. The number of hydrogen-bond acceptors (Lipinski definition) is 3. The number of piperidine rings is 1. The molecule has 0 bridgehead atoms. The van der Waals surface area contributed by atoms with Crippen LogP contribution in [0.25, 0.3) is 0 Å². The summed E-state index contributed by atoms with van der Waals surface area (Å²) in [4.78, 5) is 23.2. The average Bonchev–Trinajstić information content (AvgIpc) is 2.42. The fraction of sp³-hybridized carbons (Fsp3) is 0.467. The Morgan fingerprint density at radius 3 is 2.68 bits per heavy atom. The minimum atomic E-state index is -0.302. The molecule has 0 aliphatic carbocycles. The Morgan fingerprint density at radius 2 is 2.05 bits per heavy atom. The molecule has 1 aromatic rings. The van der Waals surface area contributed by atoms with Gasteiger partial charge in [0.2, 0.25) is 5.91 Å². The fourth-order valence-corrected chi connectivity index (χ4v) is 2.48. The van der Waals surface area contributed by atoms with E-state index in [-0.39, 0.29) is 23.7 Å². The molecule has 0 aromatic heterocycles. The van der Waals surface area contributed by atoms with Crippen LogP contribution in [0.1, 0.15) is 42.1 Å². The van der Waals surface area contributed by atoms with Gasteiger partial charge in [-0.3, -0.25) is 4.79 Å². The molecule has 1 fully saturated rings. The number of amides is 1. The van der Waals surface area contributed by atoms with Crippen molar-refractivity contribution < 1.29 is 14.3 Å². The van der Waals surface area contributed by atoms with Crippen LogP contribution in [-0.4, -0.2) is 25.0 Å². The zero-order valence-electron chi connectivity index (χ0n) is 11.3. The summed E-state index contributed by atoms with van der Waals surface area (Å²) < 4.78 is 4.95. The first-order valence-corrected chi connectivity index (χ1v) is 6.68. The Bertz CT molecular complexity index is 467. The molecule has 19 heavy (non-hydrogen) atoms. The van der Waals surface area contributed by atoms with Gasteiger partial charge in [-0.2, -0.15) is 0 Å². The first kappa shape index (κ1) is 13.6. The van der Waals surface area contributed by atoms with Crippen molar-refractivity contribution >= 4 is 11.9 Å². The van der Waals surface area contributed by atoms with Crippen molar-refractivity contribution in [1.29, 1.82) is 0 Å². The van der Waals surface area contributed by atoms with E-state index in [2.05, 4.69) is 5.32 Å². The van der Waals surface area contributed by atoms with E-state index in [4.69, 9.17) is 4.74 Å². The van der Waals surface area contributed by atoms with Crippen LogP contribution in [0.2, 0.25) is 0 Å². The molecule has 1 aliphatic rings. The van der Waals surface area contributed by atoms with Gasteiger partial charge in [-0.15, -0.1) is 0 Å². The SMILES string of the molecule is CCOC(=O)c1ccc([C@@H]2CCNC(=O)[C@H]2C)cc1. The molecule has 0 radical (unpaired) electrons. The Kier molecular flexibility index (Phi) is 4.20. The average molecular weight is 261 g/mol. The normalized spacial score (nSPS) is 22.7. The largest absolute Gasteiger partial charge is 0.462 e. The van der Waals surface area contributed by atoms with Crippen LogP contribution in [0, 0.1) is 5.92 Å². The summed E-state index contributed by atoms with van der Waals surface area (Å²) in [5.41, 5.74) is 1.66. The molecule has 0 saturated carbocycles. The second-order valence-corrected chi connectivity index (χ2v) is 4.82. The van der Waals surface area contributed by atoms with Gasteiger partial charge in [0, 0.05) is 12.5 Å². The van der Waals surface area contributed by atoms with Crippen LogP contribution in [0.4, 0.5) is 0 Å². The molecule has 102 valence electrons. The van der Waals surface area contributed by atoms with Crippen molar-refractivity contribution in [3.05, 3.63) is 35.4 Å².